The minimum atomic E-state index is -0.125. The first kappa shape index (κ1) is 12.9. The van der Waals surface area contributed by atoms with E-state index >= 15 is 0 Å². The lowest BCUT2D eigenvalue weighted by Crippen LogP contribution is -2.43. The van der Waals surface area contributed by atoms with Crippen LogP contribution in [-0.4, -0.2) is 45.8 Å². The lowest BCUT2D eigenvalue weighted by Gasteiger charge is -2.31. The molecule has 98 valence electrons. The number of rotatable bonds is 4. The Kier molecular flexibility index (Phi) is 4.55. The highest BCUT2D eigenvalue weighted by molar-refractivity contribution is 5.95. The fraction of sp³-hybridized carbons (Fsp3) is 0.462. The number of carbonyl (C=O) groups excluding carboxylic acids is 1. The van der Waals surface area contributed by atoms with Gasteiger partial charge in [0.1, 0.15) is 6.61 Å². The van der Waals surface area contributed by atoms with Gasteiger partial charge in [0.25, 0.3) is 0 Å². The van der Waals surface area contributed by atoms with Gasteiger partial charge in [-0.3, -0.25) is 4.79 Å². The largest absolute Gasteiger partial charge is 0.375 e. The quantitative estimate of drug-likeness (QED) is 0.824. The summed E-state index contributed by atoms with van der Waals surface area (Å²) < 4.78 is 4.83. The minimum absolute atomic E-state index is 0.0793. The van der Waals surface area contributed by atoms with Gasteiger partial charge in [0.2, 0.25) is 5.91 Å². The molecule has 1 heterocycles. The molecule has 18 heavy (non-hydrogen) atoms. The van der Waals surface area contributed by atoms with Crippen LogP contribution in [0.4, 0.5) is 11.4 Å². The molecule has 2 rings (SSSR count). The Bertz CT molecular complexity index is 403. The zero-order valence-electron chi connectivity index (χ0n) is 10.6. The Morgan fingerprint density at radius 2 is 2.11 bits per heavy atom. The van der Waals surface area contributed by atoms with Gasteiger partial charge in [-0.05, 0) is 12.1 Å². The van der Waals surface area contributed by atoms with Crippen molar-refractivity contribution in [2.24, 2.45) is 0 Å². The van der Waals surface area contributed by atoms with E-state index in [-0.39, 0.29) is 12.5 Å². The van der Waals surface area contributed by atoms with Crippen molar-refractivity contribution in [2.75, 3.05) is 50.1 Å². The number of hydrogen-bond donors (Lipinski definition) is 2. The third-order valence-electron chi connectivity index (χ3n) is 2.91. The van der Waals surface area contributed by atoms with E-state index in [4.69, 9.17) is 4.74 Å². The second-order valence-electron chi connectivity index (χ2n) is 4.24. The molecule has 1 aliphatic rings. The van der Waals surface area contributed by atoms with Gasteiger partial charge in [0.05, 0.1) is 11.4 Å². The van der Waals surface area contributed by atoms with E-state index in [0.29, 0.717) is 0 Å². The van der Waals surface area contributed by atoms with E-state index in [1.165, 1.54) is 7.11 Å². The minimum Gasteiger partial charge on any atom is -0.375 e. The van der Waals surface area contributed by atoms with Crippen LogP contribution in [0, 0.1) is 0 Å². The summed E-state index contributed by atoms with van der Waals surface area (Å²) in [5, 5.41) is 6.20. The lowest BCUT2D eigenvalue weighted by atomic mass is 10.2. The maximum atomic E-state index is 11.6. The molecule has 0 saturated carbocycles. The Balaban J connectivity index is 2.11. The second-order valence-corrected chi connectivity index (χ2v) is 4.24. The lowest BCUT2D eigenvalue weighted by molar-refractivity contribution is -0.119. The number of nitrogens with zero attached hydrogens (tertiary/aromatic N) is 1. The number of hydrogen-bond acceptors (Lipinski definition) is 4. The SMILES string of the molecule is COCC(=O)Nc1ccccc1N1CCNCC1. The number of carbonyl (C=O) groups is 1. The summed E-state index contributed by atoms with van der Waals surface area (Å²) in [5.41, 5.74) is 1.92. The predicted molar refractivity (Wildman–Crippen MR) is 72.0 cm³/mol. The van der Waals surface area contributed by atoms with Crippen LogP contribution in [0.1, 0.15) is 0 Å². The van der Waals surface area contributed by atoms with E-state index in [9.17, 15) is 4.79 Å². The van der Waals surface area contributed by atoms with E-state index in [1.54, 1.807) is 0 Å². The predicted octanol–water partition coefficient (Wildman–Crippen LogP) is 0.681. The van der Waals surface area contributed by atoms with Crippen LogP contribution in [0.3, 0.4) is 0 Å². The highest BCUT2D eigenvalue weighted by Gasteiger charge is 2.14. The molecule has 2 N–H and O–H groups in total. The van der Waals surface area contributed by atoms with Gasteiger partial charge < -0.3 is 20.3 Å². The number of para-hydroxylation sites is 2. The first-order chi connectivity index (χ1) is 8.81. The van der Waals surface area contributed by atoms with Gasteiger partial charge in [0, 0.05) is 33.3 Å². The van der Waals surface area contributed by atoms with Crippen molar-refractivity contribution in [3.05, 3.63) is 24.3 Å². The Hall–Kier alpha value is -1.59. The van der Waals surface area contributed by atoms with Crippen LogP contribution in [0.5, 0.6) is 0 Å². The van der Waals surface area contributed by atoms with Crippen molar-refractivity contribution < 1.29 is 9.53 Å². The van der Waals surface area contributed by atoms with Crippen molar-refractivity contribution in [2.45, 2.75) is 0 Å². The van der Waals surface area contributed by atoms with Crippen LogP contribution >= 0.6 is 0 Å². The standard InChI is InChI=1S/C13H19N3O2/c1-18-10-13(17)15-11-4-2-3-5-12(11)16-8-6-14-7-9-16/h2-5,14H,6-10H2,1H3,(H,15,17). The summed E-state index contributed by atoms with van der Waals surface area (Å²) in [6.07, 6.45) is 0. The zero-order chi connectivity index (χ0) is 12.8. The van der Waals surface area contributed by atoms with Crippen molar-refractivity contribution in [1.29, 1.82) is 0 Å². The maximum Gasteiger partial charge on any atom is 0.250 e. The normalized spacial score (nSPS) is 15.5. The molecular weight excluding hydrogens is 230 g/mol. The smallest absolute Gasteiger partial charge is 0.250 e. The van der Waals surface area contributed by atoms with Gasteiger partial charge in [-0.1, -0.05) is 12.1 Å². The highest BCUT2D eigenvalue weighted by atomic mass is 16.5. The average Bonchev–Trinajstić information content (AvgIpc) is 2.40. The van der Waals surface area contributed by atoms with E-state index in [1.807, 2.05) is 24.3 Å². The number of ether oxygens (including phenoxy) is 1. The van der Waals surface area contributed by atoms with Crippen LogP contribution < -0.4 is 15.5 Å². The monoisotopic (exact) mass is 249 g/mol. The summed E-state index contributed by atoms with van der Waals surface area (Å²) in [6, 6.07) is 7.87. The Labute approximate surface area is 107 Å². The van der Waals surface area contributed by atoms with Gasteiger partial charge in [-0.15, -0.1) is 0 Å². The molecule has 1 aromatic carbocycles. The summed E-state index contributed by atoms with van der Waals surface area (Å²) in [5.74, 6) is -0.125. The third kappa shape index (κ3) is 3.21. The fourth-order valence-electron chi connectivity index (χ4n) is 2.08. The van der Waals surface area contributed by atoms with Crippen molar-refractivity contribution in [3.8, 4) is 0 Å². The van der Waals surface area contributed by atoms with Gasteiger partial charge in [-0.2, -0.15) is 0 Å². The molecule has 0 atom stereocenters. The Morgan fingerprint density at radius 3 is 2.83 bits per heavy atom. The molecule has 1 aromatic rings. The Morgan fingerprint density at radius 1 is 1.39 bits per heavy atom. The molecule has 1 saturated heterocycles. The van der Waals surface area contributed by atoms with E-state index < -0.39 is 0 Å². The van der Waals surface area contributed by atoms with Gasteiger partial charge in [0.15, 0.2) is 0 Å². The summed E-state index contributed by atoms with van der Waals surface area (Å²) in [7, 11) is 1.52. The molecular formula is C13H19N3O2. The molecule has 0 aromatic heterocycles. The number of nitrogens with one attached hydrogen (secondary N) is 2. The first-order valence-electron chi connectivity index (χ1n) is 6.15. The second kappa shape index (κ2) is 6.37. The van der Waals surface area contributed by atoms with Crippen LogP contribution in [-0.2, 0) is 9.53 Å². The number of anilines is 2. The topological polar surface area (TPSA) is 53.6 Å². The van der Waals surface area contributed by atoms with Crippen molar-refractivity contribution in [1.82, 2.24) is 5.32 Å². The summed E-state index contributed by atoms with van der Waals surface area (Å²) >= 11 is 0. The molecule has 1 fully saturated rings. The molecule has 1 aliphatic heterocycles. The first-order valence-corrected chi connectivity index (χ1v) is 6.15. The van der Waals surface area contributed by atoms with E-state index in [2.05, 4.69) is 15.5 Å². The highest BCUT2D eigenvalue weighted by Crippen LogP contribution is 2.25. The van der Waals surface area contributed by atoms with Crippen molar-refractivity contribution in [3.63, 3.8) is 0 Å². The number of amides is 1. The van der Waals surface area contributed by atoms with Crippen LogP contribution in [0.2, 0.25) is 0 Å². The number of benzene rings is 1. The van der Waals surface area contributed by atoms with Crippen LogP contribution in [0.25, 0.3) is 0 Å². The average molecular weight is 249 g/mol. The molecule has 0 unspecified atom stereocenters. The fourth-order valence-corrected chi connectivity index (χ4v) is 2.08. The molecule has 0 spiro atoms. The maximum absolute atomic E-state index is 11.6. The number of methoxy groups -OCH3 is 1. The molecule has 0 radical (unpaired) electrons. The van der Waals surface area contributed by atoms with Crippen LogP contribution in [0.15, 0.2) is 24.3 Å². The summed E-state index contributed by atoms with van der Waals surface area (Å²) in [6.45, 7) is 3.94. The molecule has 0 aliphatic carbocycles. The molecule has 1 amide bonds. The van der Waals surface area contributed by atoms with Gasteiger partial charge in [-0.25, -0.2) is 0 Å². The number of piperazine rings is 1. The van der Waals surface area contributed by atoms with Crippen molar-refractivity contribution >= 4 is 17.3 Å². The molecule has 0 bridgehead atoms. The molecule has 5 nitrogen and oxygen atoms in total. The van der Waals surface area contributed by atoms with E-state index in [0.717, 1.165) is 37.6 Å². The summed E-state index contributed by atoms with van der Waals surface area (Å²) in [4.78, 5) is 13.9. The molecule has 5 heteroatoms. The third-order valence-corrected chi connectivity index (χ3v) is 2.91. The van der Waals surface area contributed by atoms with Gasteiger partial charge >= 0.3 is 0 Å². The zero-order valence-corrected chi connectivity index (χ0v) is 10.6.